The van der Waals surface area contributed by atoms with Gasteiger partial charge >= 0.3 is 0 Å². The minimum absolute atomic E-state index is 0.0467. The molecule has 0 atom stereocenters. The third-order valence-electron chi connectivity index (χ3n) is 23.3. The minimum atomic E-state index is -0.463. The predicted octanol–water partition coefficient (Wildman–Crippen LogP) is 24.6. The van der Waals surface area contributed by atoms with Crippen LogP contribution in [-0.2, 0) is 27.1 Å². The number of hydrogen-bond donors (Lipinski definition) is 0. The highest BCUT2D eigenvalue weighted by Crippen LogP contribution is 2.49. The van der Waals surface area contributed by atoms with Crippen molar-refractivity contribution in [3.63, 3.8) is 0 Å². The molecule has 4 aromatic heterocycles. The van der Waals surface area contributed by atoms with Crippen LogP contribution < -0.4 is 16.4 Å². The van der Waals surface area contributed by atoms with Gasteiger partial charge in [0.1, 0.15) is 0 Å². The molecule has 0 fully saturated rings. The highest BCUT2D eigenvalue weighted by Gasteiger charge is 2.43. The summed E-state index contributed by atoms with van der Waals surface area (Å²) in [4.78, 5) is 0. The Morgan fingerprint density at radius 3 is 0.786 bits per heavy atom. The fraction of sp³-hybridized carbons (Fsp3) is 0.204. The van der Waals surface area contributed by atoms with Crippen molar-refractivity contribution in [3.05, 3.63) is 283 Å². The molecule has 0 unspecified atom stereocenters. The van der Waals surface area contributed by atoms with Crippen molar-refractivity contribution >= 4 is 153 Å². The maximum Gasteiger partial charge on any atom is 0.252 e. The van der Waals surface area contributed by atoms with Gasteiger partial charge in [0.25, 0.3) is 6.71 Å². The molecule has 502 valence electrons. The van der Waals surface area contributed by atoms with Crippen LogP contribution in [0.25, 0.3) is 153 Å². The molecule has 0 aliphatic carbocycles. The number of aromatic nitrogens is 4. The molecular weight excluding hydrogens is 1240 g/mol. The van der Waals surface area contributed by atoms with Gasteiger partial charge in [-0.05, 0) is 199 Å². The Balaban J connectivity index is 1.09. The summed E-state index contributed by atoms with van der Waals surface area (Å²) < 4.78 is 10.7. The standard InChI is InChI=1S/C98H87BN4/c1-94(2,3)58-40-48-82-74(52-58)75-53-59(95(4,5)6)41-49-83(75)100(82)62-44-46-78-86(56-62)102-80-38-26-24-34-70(80)66-30-18-16-28-64(66)68-32-20-22-36-72(68)88-90(98(13,14)15)89-73-37-23-21-33-69(73)65-29-17-19-31-67(65)71-35-25-27-39-81(71)103-87-57-63(45-47-79(87)99(78)91(92(88)102)93(89)103)101-84-50-42-60(96(7,8)9)54-76(84)77-55-61(97(10,11)12)43-51-85(77)101/h16-57H,1-15H3. The van der Waals surface area contributed by atoms with Crippen LogP contribution in [-0.4, -0.2) is 25.0 Å². The van der Waals surface area contributed by atoms with Crippen molar-refractivity contribution in [1.29, 1.82) is 0 Å². The normalized spacial score (nSPS) is 13.4. The summed E-state index contributed by atoms with van der Waals surface area (Å²) in [5, 5.41) is 19.7. The summed E-state index contributed by atoms with van der Waals surface area (Å²) in [6, 6.07) is 100. The average Bonchev–Trinajstić information content (AvgIpc) is 1.56. The molecule has 0 spiro atoms. The van der Waals surface area contributed by atoms with Gasteiger partial charge in [0.2, 0.25) is 0 Å². The molecular formula is C98H87BN4. The van der Waals surface area contributed by atoms with Gasteiger partial charge in [0, 0.05) is 65.8 Å². The Hall–Kier alpha value is -10.9. The van der Waals surface area contributed by atoms with E-state index in [2.05, 4.69) is 377 Å². The largest absolute Gasteiger partial charge is 0.310 e. The van der Waals surface area contributed by atoms with Crippen LogP contribution in [0, 0.1) is 0 Å². The Morgan fingerprint density at radius 1 is 0.223 bits per heavy atom. The van der Waals surface area contributed by atoms with Gasteiger partial charge in [-0.2, -0.15) is 0 Å². The third kappa shape index (κ3) is 9.29. The topological polar surface area (TPSA) is 19.7 Å². The van der Waals surface area contributed by atoms with Crippen molar-refractivity contribution in [3.8, 4) is 22.7 Å². The van der Waals surface area contributed by atoms with Gasteiger partial charge in [-0.15, -0.1) is 0 Å². The Labute approximate surface area is 604 Å². The quantitative estimate of drug-likeness (QED) is 0.154. The summed E-state index contributed by atoms with van der Waals surface area (Å²) >= 11 is 0. The molecule has 0 saturated carbocycles. The van der Waals surface area contributed by atoms with Crippen molar-refractivity contribution < 1.29 is 0 Å². The van der Waals surface area contributed by atoms with Crippen molar-refractivity contribution in [2.24, 2.45) is 0 Å². The number of hydrogen-bond acceptors (Lipinski definition) is 0. The number of fused-ring (bicyclic) bond motifs is 26. The molecule has 0 radical (unpaired) electrons. The van der Waals surface area contributed by atoms with E-state index >= 15 is 0 Å². The van der Waals surface area contributed by atoms with Crippen LogP contribution in [0.1, 0.15) is 132 Å². The van der Waals surface area contributed by atoms with E-state index in [9.17, 15) is 0 Å². The first-order valence-corrected chi connectivity index (χ1v) is 37.2. The van der Waals surface area contributed by atoms with E-state index in [0.29, 0.717) is 0 Å². The lowest BCUT2D eigenvalue weighted by atomic mass is 9.34. The number of nitrogens with zero attached hydrogens (tertiary/aromatic N) is 4. The zero-order valence-corrected chi connectivity index (χ0v) is 62.1. The Bertz CT molecular complexity index is 6220. The first-order chi connectivity index (χ1) is 49.3. The predicted molar refractivity (Wildman–Crippen MR) is 447 cm³/mol. The van der Waals surface area contributed by atoms with Gasteiger partial charge in [-0.1, -0.05) is 274 Å². The molecule has 17 aromatic rings. The number of benzene rings is 13. The van der Waals surface area contributed by atoms with Gasteiger partial charge < -0.3 is 18.3 Å². The van der Waals surface area contributed by atoms with Crippen molar-refractivity contribution in [2.45, 2.75) is 131 Å². The second kappa shape index (κ2) is 21.8. The molecule has 0 bridgehead atoms. The van der Waals surface area contributed by atoms with E-state index in [0.717, 1.165) is 22.4 Å². The molecule has 0 N–H and O–H groups in total. The Morgan fingerprint density at radius 2 is 0.485 bits per heavy atom. The molecule has 5 heteroatoms. The molecule has 103 heavy (non-hydrogen) atoms. The van der Waals surface area contributed by atoms with Gasteiger partial charge in [-0.3, -0.25) is 0 Å². The minimum Gasteiger partial charge on any atom is -0.310 e. The van der Waals surface area contributed by atoms with E-state index < -0.39 is 5.41 Å². The van der Waals surface area contributed by atoms with Crippen LogP contribution in [0.2, 0.25) is 0 Å². The molecule has 19 rings (SSSR count). The molecule has 2 aliphatic rings. The summed E-state index contributed by atoms with van der Waals surface area (Å²) in [5.74, 6) is 0. The average molecular weight is 1330 g/mol. The monoisotopic (exact) mass is 1330 g/mol. The van der Waals surface area contributed by atoms with Crippen LogP contribution in [0.3, 0.4) is 0 Å². The SMILES string of the molecule is CC(C)(C)c1ccc2c(c1)c1cc(C(C)(C)C)ccc1n2-c1ccc2c(c1)-n1c3ccccc3c3ccccc3c3ccccc3c3c(C(C)(C)C)c4c5ccccc5c5ccccc5c5ccccc5n5c4c(c31)B2c1ccc(-n2c3ccc(C(C)(C)C)cc3c3cc(C(C)(C)C)ccc32)cc1-5. The van der Waals surface area contributed by atoms with Gasteiger partial charge in [0.15, 0.2) is 0 Å². The highest BCUT2D eigenvalue weighted by molar-refractivity contribution is 7.00. The lowest BCUT2D eigenvalue weighted by Crippen LogP contribution is -2.59. The zero-order chi connectivity index (χ0) is 70.9. The van der Waals surface area contributed by atoms with E-state index in [-0.39, 0.29) is 28.4 Å². The molecule has 0 amide bonds. The molecule has 6 heterocycles. The lowest BCUT2D eigenvalue weighted by molar-refractivity contribution is 0.590. The van der Waals surface area contributed by atoms with Crippen LogP contribution >= 0.6 is 0 Å². The summed E-state index contributed by atoms with van der Waals surface area (Å²) in [6.07, 6.45) is 0. The van der Waals surface area contributed by atoms with E-state index in [1.807, 2.05) is 0 Å². The van der Waals surface area contributed by atoms with Crippen LogP contribution in [0.4, 0.5) is 0 Å². The smallest absolute Gasteiger partial charge is 0.252 e. The van der Waals surface area contributed by atoms with Gasteiger partial charge in [0.05, 0.1) is 44.1 Å². The fourth-order valence-corrected chi connectivity index (χ4v) is 18.2. The van der Waals surface area contributed by atoms with Crippen molar-refractivity contribution in [2.75, 3.05) is 0 Å². The second-order valence-corrected chi connectivity index (χ2v) is 34.9. The van der Waals surface area contributed by atoms with Crippen LogP contribution in [0.15, 0.2) is 255 Å². The molecule has 13 aromatic carbocycles. The molecule has 0 saturated heterocycles. The van der Waals surface area contributed by atoms with E-state index in [1.165, 1.54) is 175 Å². The van der Waals surface area contributed by atoms with Crippen molar-refractivity contribution in [1.82, 2.24) is 18.3 Å². The van der Waals surface area contributed by atoms with Gasteiger partial charge in [-0.25, -0.2) is 0 Å². The fourth-order valence-electron chi connectivity index (χ4n) is 18.2. The first-order valence-electron chi connectivity index (χ1n) is 37.2. The Kier molecular flexibility index (Phi) is 13.4. The zero-order valence-electron chi connectivity index (χ0n) is 62.1. The number of para-hydroxylation sites is 2. The summed E-state index contributed by atoms with van der Waals surface area (Å²) in [5.41, 5.74) is 23.9. The highest BCUT2D eigenvalue weighted by atomic mass is 15.0. The first kappa shape index (κ1) is 63.1. The second-order valence-electron chi connectivity index (χ2n) is 34.9. The summed E-state index contributed by atoms with van der Waals surface area (Å²) in [7, 11) is 0. The third-order valence-corrected chi connectivity index (χ3v) is 23.3. The number of rotatable bonds is 2. The van der Waals surface area contributed by atoms with Crippen LogP contribution in [0.5, 0.6) is 0 Å². The molecule has 4 nitrogen and oxygen atoms in total. The maximum absolute atomic E-state index is 2.76. The maximum atomic E-state index is 2.76. The van der Waals surface area contributed by atoms with E-state index in [1.54, 1.807) is 0 Å². The lowest BCUT2D eigenvalue weighted by Gasteiger charge is -2.38. The van der Waals surface area contributed by atoms with E-state index in [4.69, 9.17) is 0 Å². The summed E-state index contributed by atoms with van der Waals surface area (Å²) in [6.45, 7) is 35.3. The molecule has 2 aliphatic heterocycles.